The Balaban J connectivity index is 2.96. The van der Waals surface area contributed by atoms with Crippen LogP contribution in [0.4, 0.5) is 26.3 Å². The molecule has 5 nitrogen and oxygen atoms in total. The molecule has 1 aromatic carbocycles. The molecule has 0 aliphatic heterocycles. The van der Waals surface area contributed by atoms with Crippen molar-refractivity contribution in [3.63, 3.8) is 0 Å². The van der Waals surface area contributed by atoms with Crippen LogP contribution in [0, 0.1) is 0 Å². The maximum atomic E-state index is 12.3. The molecule has 1 rings (SSSR count). The molecular weight excluding hydrogens is 370 g/mol. The van der Waals surface area contributed by atoms with E-state index in [-0.39, 0.29) is 18.2 Å². The Hall–Kier alpha value is -2.17. The predicted octanol–water partition coefficient (Wildman–Crippen LogP) is 2.91. The highest BCUT2D eigenvalue weighted by Gasteiger charge is 2.30. The van der Waals surface area contributed by atoms with E-state index in [0.717, 1.165) is 18.2 Å². The van der Waals surface area contributed by atoms with Crippen molar-refractivity contribution in [3.8, 4) is 11.5 Å². The van der Waals surface area contributed by atoms with Gasteiger partial charge in [-0.1, -0.05) is 0 Å². The van der Waals surface area contributed by atoms with Gasteiger partial charge in [-0.15, -0.1) is 0 Å². The van der Waals surface area contributed by atoms with Crippen LogP contribution >= 0.6 is 0 Å². The molecule has 0 aliphatic rings. The van der Waals surface area contributed by atoms with E-state index < -0.39 is 43.0 Å². The first-order chi connectivity index (χ1) is 11.9. The minimum atomic E-state index is -4.65. The van der Waals surface area contributed by atoms with Gasteiger partial charge in [0, 0.05) is 24.2 Å². The van der Waals surface area contributed by atoms with Crippen molar-refractivity contribution in [2.45, 2.75) is 25.3 Å². The lowest BCUT2D eigenvalue weighted by atomic mass is 10.2. The predicted molar refractivity (Wildman–Crippen MR) is 80.4 cm³/mol. The molecule has 0 heterocycles. The molecule has 148 valence electrons. The van der Waals surface area contributed by atoms with E-state index in [1.807, 2.05) is 0 Å². The number of nitrogens with one attached hydrogen (secondary N) is 2. The number of carbonyl (C=O) groups excluding carboxylic acids is 1. The van der Waals surface area contributed by atoms with Crippen LogP contribution in [0.3, 0.4) is 0 Å². The smallest absolute Gasteiger partial charge is 0.422 e. The summed E-state index contributed by atoms with van der Waals surface area (Å²) in [6, 6.07) is 2.74. The van der Waals surface area contributed by atoms with E-state index in [0.29, 0.717) is 0 Å². The third-order valence-corrected chi connectivity index (χ3v) is 3.01. The SMILES string of the molecule is CNC(C)CNC(=O)c1cc(OCC(F)(F)F)cc(OCC(F)(F)F)c1. The fourth-order valence-corrected chi connectivity index (χ4v) is 1.65. The summed E-state index contributed by atoms with van der Waals surface area (Å²) in [5, 5.41) is 5.35. The summed E-state index contributed by atoms with van der Waals surface area (Å²) in [6.45, 7) is -1.36. The Bertz CT molecular complexity index is 568. The van der Waals surface area contributed by atoms with Gasteiger partial charge in [0.15, 0.2) is 13.2 Å². The number of benzene rings is 1. The summed E-state index contributed by atoms with van der Waals surface area (Å²) in [5.41, 5.74) is -0.190. The lowest BCUT2D eigenvalue weighted by Gasteiger charge is -2.15. The molecule has 0 spiro atoms. The second-order valence-corrected chi connectivity index (χ2v) is 5.40. The number of ether oxygens (including phenoxy) is 2. The van der Waals surface area contributed by atoms with Crippen molar-refractivity contribution in [1.82, 2.24) is 10.6 Å². The Kier molecular flexibility index (Phi) is 7.54. The van der Waals surface area contributed by atoms with Gasteiger partial charge in [0.1, 0.15) is 11.5 Å². The number of halogens is 6. The fourth-order valence-electron chi connectivity index (χ4n) is 1.65. The molecule has 0 aromatic heterocycles. The quantitative estimate of drug-likeness (QED) is 0.673. The number of amides is 1. The average molecular weight is 388 g/mol. The number of hydrogen-bond donors (Lipinski definition) is 2. The maximum absolute atomic E-state index is 12.3. The second-order valence-electron chi connectivity index (χ2n) is 5.40. The first-order valence-corrected chi connectivity index (χ1v) is 7.39. The zero-order valence-corrected chi connectivity index (χ0v) is 13.9. The van der Waals surface area contributed by atoms with E-state index in [9.17, 15) is 31.1 Å². The van der Waals surface area contributed by atoms with Gasteiger partial charge in [0.05, 0.1) is 0 Å². The van der Waals surface area contributed by atoms with Crippen LogP contribution in [-0.4, -0.2) is 51.1 Å². The molecule has 1 atom stereocenters. The summed E-state index contributed by atoms with van der Waals surface area (Å²) in [7, 11) is 1.66. The van der Waals surface area contributed by atoms with Crippen LogP contribution in [0.25, 0.3) is 0 Å². The van der Waals surface area contributed by atoms with Gasteiger partial charge in [-0.25, -0.2) is 0 Å². The summed E-state index contributed by atoms with van der Waals surface area (Å²) < 4.78 is 82.6. The van der Waals surface area contributed by atoms with Gasteiger partial charge >= 0.3 is 12.4 Å². The van der Waals surface area contributed by atoms with Crippen LogP contribution in [0.5, 0.6) is 11.5 Å². The van der Waals surface area contributed by atoms with Gasteiger partial charge in [0.2, 0.25) is 0 Å². The van der Waals surface area contributed by atoms with Crippen LogP contribution in [0.15, 0.2) is 18.2 Å². The summed E-state index contributed by atoms with van der Waals surface area (Å²) in [5.74, 6) is -1.57. The Labute approximate surface area is 145 Å². The highest BCUT2D eigenvalue weighted by Crippen LogP contribution is 2.27. The molecule has 0 fully saturated rings. The first kappa shape index (κ1) is 21.9. The van der Waals surface area contributed by atoms with E-state index >= 15 is 0 Å². The van der Waals surface area contributed by atoms with Gasteiger partial charge in [-0.2, -0.15) is 26.3 Å². The molecule has 0 aliphatic carbocycles. The zero-order chi connectivity index (χ0) is 20.0. The van der Waals surface area contributed by atoms with Crippen molar-refractivity contribution < 1.29 is 40.6 Å². The van der Waals surface area contributed by atoms with Crippen molar-refractivity contribution >= 4 is 5.91 Å². The topological polar surface area (TPSA) is 59.6 Å². The molecule has 26 heavy (non-hydrogen) atoms. The van der Waals surface area contributed by atoms with Crippen molar-refractivity contribution in [3.05, 3.63) is 23.8 Å². The Morgan fingerprint density at radius 1 is 1.00 bits per heavy atom. The molecule has 2 N–H and O–H groups in total. The average Bonchev–Trinajstić information content (AvgIpc) is 2.54. The van der Waals surface area contributed by atoms with Crippen molar-refractivity contribution in [1.29, 1.82) is 0 Å². The minimum absolute atomic E-state index is 0.0930. The molecule has 0 saturated carbocycles. The monoisotopic (exact) mass is 388 g/mol. The highest BCUT2D eigenvalue weighted by molar-refractivity contribution is 5.95. The highest BCUT2D eigenvalue weighted by atomic mass is 19.4. The minimum Gasteiger partial charge on any atom is -0.484 e. The third-order valence-electron chi connectivity index (χ3n) is 3.01. The van der Waals surface area contributed by atoms with Crippen molar-refractivity contribution in [2.75, 3.05) is 26.8 Å². The summed E-state index contributed by atoms with van der Waals surface area (Å²) in [6.07, 6.45) is -9.29. The van der Waals surface area contributed by atoms with Gasteiger partial charge < -0.3 is 20.1 Å². The number of rotatable bonds is 8. The largest absolute Gasteiger partial charge is 0.484 e. The van der Waals surface area contributed by atoms with E-state index in [1.54, 1.807) is 14.0 Å². The van der Waals surface area contributed by atoms with Crippen LogP contribution < -0.4 is 20.1 Å². The van der Waals surface area contributed by atoms with Crippen LogP contribution in [0.1, 0.15) is 17.3 Å². The summed E-state index contributed by atoms with van der Waals surface area (Å²) in [4.78, 5) is 12.1. The first-order valence-electron chi connectivity index (χ1n) is 7.39. The normalized spacial score (nSPS) is 13.2. The number of likely N-dealkylation sites (N-methyl/N-ethyl adjacent to an activating group) is 1. The van der Waals surface area contributed by atoms with Crippen LogP contribution in [0.2, 0.25) is 0 Å². The summed E-state index contributed by atoms with van der Waals surface area (Å²) >= 11 is 0. The van der Waals surface area contributed by atoms with Crippen LogP contribution in [-0.2, 0) is 0 Å². The Morgan fingerprint density at radius 3 is 1.85 bits per heavy atom. The number of alkyl halides is 6. The molecule has 0 bridgehead atoms. The number of hydrogen-bond acceptors (Lipinski definition) is 4. The fraction of sp³-hybridized carbons (Fsp3) is 0.533. The van der Waals surface area contributed by atoms with Crippen molar-refractivity contribution in [2.24, 2.45) is 0 Å². The molecule has 0 radical (unpaired) electrons. The van der Waals surface area contributed by atoms with Gasteiger partial charge in [0.25, 0.3) is 5.91 Å². The molecule has 1 aromatic rings. The Morgan fingerprint density at radius 2 is 1.46 bits per heavy atom. The van der Waals surface area contributed by atoms with E-state index in [2.05, 4.69) is 20.1 Å². The molecule has 0 saturated heterocycles. The molecule has 11 heteroatoms. The lowest BCUT2D eigenvalue weighted by Crippen LogP contribution is -2.37. The van der Waals surface area contributed by atoms with Gasteiger partial charge in [-0.3, -0.25) is 4.79 Å². The molecular formula is C15H18F6N2O3. The van der Waals surface area contributed by atoms with Gasteiger partial charge in [-0.05, 0) is 26.1 Å². The molecule has 1 amide bonds. The number of carbonyl (C=O) groups is 1. The molecule has 1 unspecified atom stereocenters. The maximum Gasteiger partial charge on any atom is 0.422 e. The second kappa shape index (κ2) is 8.97. The zero-order valence-electron chi connectivity index (χ0n) is 13.9. The lowest BCUT2D eigenvalue weighted by molar-refractivity contribution is -0.153. The van der Waals surface area contributed by atoms with E-state index in [4.69, 9.17) is 0 Å². The standard InChI is InChI=1S/C15H18F6N2O3/c1-9(22-2)6-23-13(24)10-3-11(25-7-14(16,17)18)5-12(4-10)26-8-15(19,20)21/h3-5,9,22H,6-8H2,1-2H3,(H,23,24). The van der Waals surface area contributed by atoms with E-state index in [1.165, 1.54) is 0 Å². The third kappa shape index (κ3) is 8.79.